The minimum atomic E-state index is 0.273. The number of hydrogen-bond donors (Lipinski definition) is 3. The summed E-state index contributed by atoms with van der Waals surface area (Å²) in [4.78, 5) is 0. The molecule has 0 aromatic carbocycles. The maximum atomic E-state index is 8.59. The van der Waals surface area contributed by atoms with Crippen LogP contribution in [0, 0.1) is 5.41 Å². The van der Waals surface area contributed by atoms with E-state index in [0.29, 0.717) is 11.9 Å². The maximum absolute atomic E-state index is 8.59. The number of hydrogen-bond acceptors (Lipinski definition) is 3. The molecule has 0 radical (unpaired) electrons. The van der Waals surface area contributed by atoms with Gasteiger partial charge in [-0.15, -0.1) is 0 Å². The summed E-state index contributed by atoms with van der Waals surface area (Å²) in [6.07, 6.45) is 8.25. The van der Waals surface area contributed by atoms with Crippen LogP contribution in [0.5, 0.6) is 0 Å². The zero-order chi connectivity index (χ0) is 12.7. The lowest BCUT2D eigenvalue weighted by atomic mass is 10.0. The fourth-order valence-corrected chi connectivity index (χ4v) is 2.21. The second kappa shape index (κ2) is 6.84. The fraction of sp³-hybridized carbons (Fsp3) is 0.923. The van der Waals surface area contributed by atoms with Gasteiger partial charge in [-0.2, -0.15) is 0 Å². The molecular formula is C13H27N3O. The van der Waals surface area contributed by atoms with Crippen molar-refractivity contribution >= 4 is 5.84 Å². The average Bonchev–Trinajstić information content (AvgIpc) is 3.07. The van der Waals surface area contributed by atoms with Crippen molar-refractivity contribution in [3.8, 4) is 0 Å². The highest BCUT2D eigenvalue weighted by Crippen LogP contribution is 2.48. The fourth-order valence-electron chi connectivity index (χ4n) is 2.21. The summed E-state index contributed by atoms with van der Waals surface area (Å²) in [7, 11) is 0. The Labute approximate surface area is 105 Å². The molecule has 17 heavy (non-hydrogen) atoms. The third-order valence-corrected chi connectivity index (χ3v) is 3.71. The summed E-state index contributed by atoms with van der Waals surface area (Å²) in [6.45, 7) is 5.47. The van der Waals surface area contributed by atoms with E-state index in [1.54, 1.807) is 0 Å². The molecule has 0 heterocycles. The Morgan fingerprint density at radius 1 is 1.47 bits per heavy atom. The summed E-state index contributed by atoms with van der Waals surface area (Å²) in [5.41, 5.74) is 5.85. The van der Waals surface area contributed by atoms with Crippen molar-refractivity contribution < 1.29 is 5.21 Å². The van der Waals surface area contributed by atoms with Crippen molar-refractivity contribution in [2.75, 3.05) is 6.54 Å². The van der Waals surface area contributed by atoms with Gasteiger partial charge >= 0.3 is 0 Å². The van der Waals surface area contributed by atoms with Crippen LogP contribution in [0.2, 0.25) is 0 Å². The summed E-state index contributed by atoms with van der Waals surface area (Å²) in [6, 6.07) is 0.575. The third-order valence-electron chi connectivity index (χ3n) is 3.71. The van der Waals surface area contributed by atoms with Crippen LogP contribution in [0.1, 0.15) is 58.8 Å². The first-order valence-corrected chi connectivity index (χ1v) is 6.81. The Hall–Kier alpha value is -0.770. The first-order valence-electron chi connectivity index (χ1n) is 6.81. The number of nitrogens with one attached hydrogen (secondary N) is 1. The number of nitrogens with two attached hydrogens (primary N) is 1. The number of unbranched alkanes of at least 4 members (excludes halogenated alkanes) is 2. The predicted molar refractivity (Wildman–Crippen MR) is 71.3 cm³/mol. The summed E-state index contributed by atoms with van der Waals surface area (Å²) >= 11 is 0. The molecule has 1 unspecified atom stereocenters. The van der Waals surface area contributed by atoms with Gasteiger partial charge in [0.2, 0.25) is 0 Å². The monoisotopic (exact) mass is 241 g/mol. The largest absolute Gasteiger partial charge is 0.409 e. The van der Waals surface area contributed by atoms with E-state index in [1.807, 2.05) is 0 Å². The Balaban J connectivity index is 2.16. The Kier molecular flexibility index (Phi) is 5.75. The number of amidine groups is 1. The molecule has 1 aliphatic rings. The molecule has 100 valence electrons. The highest BCUT2D eigenvalue weighted by atomic mass is 16.4. The van der Waals surface area contributed by atoms with Crippen molar-refractivity contribution in [3.05, 3.63) is 0 Å². The van der Waals surface area contributed by atoms with Crippen molar-refractivity contribution in [1.29, 1.82) is 0 Å². The van der Waals surface area contributed by atoms with Gasteiger partial charge in [0.15, 0.2) is 0 Å². The Morgan fingerprint density at radius 2 is 2.18 bits per heavy atom. The molecule has 1 aliphatic carbocycles. The van der Waals surface area contributed by atoms with E-state index in [2.05, 4.69) is 24.3 Å². The third kappa shape index (κ3) is 5.39. The average molecular weight is 241 g/mol. The molecule has 0 aromatic rings. The summed E-state index contributed by atoms with van der Waals surface area (Å²) < 4.78 is 0. The van der Waals surface area contributed by atoms with Gasteiger partial charge in [-0.3, -0.25) is 0 Å². The van der Waals surface area contributed by atoms with Crippen molar-refractivity contribution in [2.24, 2.45) is 16.3 Å². The number of nitrogens with zero attached hydrogens (tertiary/aromatic N) is 1. The van der Waals surface area contributed by atoms with Gasteiger partial charge in [0.1, 0.15) is 5.84 Å². The zero-order valence-corrected chi connectivity index (χ0v) is 11.2. The molecule has 4 heteroatoms. The molecule has 4 N–H and O–H groups in total. The molecule has 4 nitrogen and oxygen atoms in total. The van der Waals surface area contributed by atoms with Crippen LogP contribution < -0.4 is 11.1 Å². The SMILES string of the molecule is CCCCCC(C)NCC1(CC(N)=NO)CC1. The molecule has 0 aromatic heterocycles. The molecule has 0 amide bonds. The Morgan fingerprint density at radius 3 is 2.71 bits per heavy atom. The van der Waals surface area contributed by atoms with Crippen LogP contribution in [0.4, 0.5) is 0 Å². The van der Waals surface area contributed by atoms with Gasteiger partial charge in [-0.1, -0.05) is 31.3 Å². The molecule has 1 fully saturated rings. The van der Waals surface area contributed by atoms with E-state index in [4.69, 9.17) is 10.9 Å². The first kappa shape index (κ1) is 14.3. The van der Waals surface area contributed by atoms with Crippen LogP contribution in [0.15, 0.2) is 5.16 Å². The van der Waals surface area contributed by atoms with Gasteiger partial charge in [-0.05, 0) is 31.6 Å². The maximum Gasteiger partial charge on any atom is 0.139 e. The minimum absolute atomic E-state index is 0.273. The normalized spacial score (nSPS) is 20.2. The standard InChI is InChI=1S/C13H27N3O/c1-3-4-5-6-11(2)15-10-13(7-8-13)9-12(14)16-17/h11,15,17H,3-10H2,1-2H3,(H2,14,16). The molecule has 0 spiro atoms. The van der Waals surface area contributed by atoms with Crippen molar-refractivity contribution in [3.63, 3.8) is 0 Å². The smallest absolute Gasteiger partial charge is 0.139 e. The molecular weight excluding hydrogens is 214 g/mol. The highest BCUT2D eigenvalue weighted by Gasteiger charge is 2.43. The molecule has 0 bridgehead atoms. The Bertz CT molecular complexity index is 249. The zero-order valence-electron chi connectivity index (χ0n) is 11.2. The van der Waals surface area contributed by atoms with E-state index >= 15 is 0 Å². The van der Waals surface area contributed by atoms with Crippen LogP contribution in [-0.4, -0.2) is 23.6 Å². The van der Waals surface area contributed by atoms with Gasteiger partial charge in [0.25, 0.3) is 0 Å². The molecule has 0 aliphatic heterocycles. The topological polar surface area (TPSA) is 70.6 Å². The van der Waals surface area contributed by atoms with Crippen molar-refractivity contribution in [1.82, 2.24) is 5.32 Å². The van der Waals surface area contributed by atoms with Crippen molar-refractivity contribution in [2.45, 2.75) is 64.8 Å². The van der Waals surface area contributed by atoms with Gasteiger partial charge in [-0.25, -0.2) is 0 Å². The number of oxime groups is 1. The van der Waals surface area contributed by atoms with E-state index < -0.39 is 0 Å². The lowest BCUT2D eigenvalue weighted by Crippen LogP contribution is -2.34. The number of rotatable bonds is 9. The van der Waals surface area contributed by atoms with E-state index in [-0.39, 0.29) is 5.41 Å². The van der Waals surface area contributed by atoms with E-state index in [9.17, 15) is 0 Å². The van der Waals surface area contributed by atoms with Crippen LogP contribution >= 0.6 is 0 Å². The second-order valence-electron chi connectivity index (χ2n) is 5.55. The lowest BCUT2D eigenvalue weighted by Gasteiger charge is -2.19. The minimum Gasteiger partial charge on any atom is -0.409 e. The van der Waals surface area contributed by atoms with Gasteiger partial charge in [0, 0.05) is 19.0 Å². The molecule has 0 saturated heterocycles. The lowest BCUT2D eigenvalue weighted by molar-refractivity contribution is 0.313. The summed E-state index contributed by atoms with van der Waals surface area (Å²) in [5.74, 6) is 0.364. The highest BCUT2D eigenvalue weighted by molar-refractivity contribution is 5.80. The first-order chi connectivity index (χ1) is 8.12. The summed E-state index contributed by atoms with van der Waals surface area (Å²) in [5, 5.41) is 15.2. The van der Waals surface area contributed by atoms with Gasteiger partial charge in [0.05, 0.1) is 0 Å². The van der Waals surface area contributed by atoms with Gasteiger partial charge < -0.3 is 16.3 Å². The molecule has 1 rings (SSSR count). The molecule has 1 atom stereocenters. The van der Waals surface area contributed by atoms with E-state index in [1.165, 1.54) is 38.5 Å². The van der Waals surface area contributed by atoms with Crippen LogP contribution in [0.25, 0.3) is 0 Å². The predicted octanol–water partition coefficient (Wildman–Crippen LogP) is 2.46. The van der Waals surface area contributed by atoms with Crippen LogP contribution in [0.3, 0.4) is 0 Å². The van der Waals surface area contributed by atoms with Crippen LogP contribution in [-0.2, 0) is 0 Å². The van der Waals surface area contributed by atoms with E-state index in [0.717, 1.165) is 13.0 Å². The quantitative estimate of drug-likeness (QED) is 0.191. The second-order valence-corrected chi connectivity index (χ2v) is 5.55. The molecule has 1 saturated carbocycles.